The SMILES string of the molecule is CC[C@@H](O)/C=C/[C@@H]1C=CC(=O)[C@@H]1CCCCCCCC(=O)O. The maximum absolute atomic E-state index is 11.9. The standard InChI is InChI=1S/C18H28O4/c1-2-15(19)12-10-14-11-13-17(20)16(14)8-6-4-3-5-7-9-18(21)22/h10-16,19H,2-9H2,1H3,(H,21,22)/b12-10+/t14-,15-,16-/m1/s1. The minimum absolute atomic E-state index is 0.0133. The molecule has 22 heavy (non-hydrogen) atoms. The number of carbonyl (C=O) groups is 2. The van der Waals surface area contributed by atoms with Gasteiger partial charge in [0.2, 0.25) is 0 Å². The Bertz CT molecular complexity index is 411. The predicted octanol–water partition coefficient (Wildman–Crippen LogP) is 3.50. The summed E-state index contributed by atoms with van der Waals surface area (Å²) < 4.78 is 0. The summed E-state index contributed by atoms with van der Waals surface area (Å²) in [7, 11) is 0. The molecule has 0 amide bonds. The number of hydrogen-bond acceptors (Lipinski definition) is 3. The number of allylic oxidation sites excluding steroid dienone is 3. The first-order chi connectivity index (χ1) is 10.5. The molecule has 0 bridgehead atoms. The number of rotatable bonds is 11. The summed E-state index contributed by atoms with van der Waals surface area (Å²) in [6.07, 6.45) is 13.4. The molecule has 0 radical (unpaired) electrons. The first-order valence-electron chi connectivity index (χ1n) is 8.34. The summed E-state index contributed by atoms with van der Waals surface area (Å²) >= 11 is 0. The van der Waals surface area contributed by atoms with Crippen LogP contribution in [-0.2, 0) is 9.59 Å². The summed E-state index contributed by atoms with van der Waals surface area (Å²) in [6, 6.07) is 0. The Labute approximate surface area is 132 Å². The number of carboxylic acid groups (broad SMARTS) is 1. The van der Waals surface area contributed by atoms with Crippen molar-refractivity contribution < 1.29 is 19.8 Å². The predicted molar refractivity (Wildman–Crippen MR) is 86.5 cm³/mol. The fourth-order valence-corrected chi connectivity index (χ4v) is 2.75. The molecule has 0 heterocycles. The number of carboxylic acids is 1. The third-order valence-electron chi connectivity index (χ3n) is 4.19. The minimum Gasteiger partial charge on any atom is -0.481 e. The van der Waals surface area contributed by atoms with E-state index in [1.54, 1.807) is 12.2 Å². The lowest BCUT2D eigenvalue weighted by molar-refractivity contribution is -0.137. The molecule has 3 atom stereocenters. The molecule has 1 rings (SSSR count). The number of ketones is 1. The first-order valence-corrected chi connectivity index (χ1v) is 8.34. The third-order valence-corrected chi connectivity index (χ3v) is 4.19. The van der Waals surface area contributed by atoms with Crippen LogP contribution in [0.2, 0.25) is 0 Å². The van der Waals surface area contributed by atoms with Crippen LogP contribution in [0.4, 0.5) is 0 Å². The molecule has 0 saturated carbocycles. The van der Waals surface area contributed by atoms with Gasteiger partial charge in [-0.1, -0.05) is 50.8 Å². The van der Waals surface area contributed by atoms with Crippen LogP contribution in [0.25, 0.3) is 0 Å². The van der Waals surface area contributed by atoms with Crippen molar-refractivity contribution in [1.82, 2.24) is 0 Å². The van der Waals surface area contributed by atoms with Gasteiger partial charge in [0.15, 0.2) is 5.78 Å². The van der Waals surface area contributed by atoms with Crippen LogP contribution in [-0.4, -0.2) is 28.1 Å². The maximum Gasteiger partial charge on any atom is 0.303 e. The summed E-state index contributed by atoms with van der Waals surface area (Å²) in [6.45, 7) is 1.92. The van der Waals surface area contributed by atoms with Crippen LogP contribution in [0.1, 0.15) is 58.3 Å². The molecular formula is C18H28O4. The van der Waals surface area contributed by atoms with Gasteiger partial charge in [-0.05, 0) is 25.3 Å². The Morgan fingerprint density at radius 2 is 1.95 bits per heavy atom. The van der Waals surface area contributed by atoms with Gasteiger partial charge in [0.1, 0.15) is 0 Å². The highest BCUT2D eigenvalue weighted by molar-refractivity contribution is 5.94. The lowest BCUT2D eigenvalue weighted by atomic mass is 9.88. The number of aliphatic hydroxyl groups excluding tert-OH is 1. The number of carbonyl (C=O) groups excluding carboxylic acids is 1. The molecule has 0 fully saturated rings. The molecule has 0 aliphatic heterocycles. The van der Waals surface area contributed by atoms with E-state index in [0.717, 1.165) is 38.5 Å². The van der Waals surface area contributed by atoms with E-state index in [0.29, 0.717) is 6.42 Å². The zero-order valence-electron chi connectivity index (χ0n) is 13.4. The molecule has 124 valence electrons. The van der Waals surface area contributed by atoms with Crippen LogP contribution in [0.3, 0.4) is 0 Å². The zero-order chi connectivity index (χ0) is 16.4. The number of aliphatic carboxylic acids is 1. The molecule has 0 aromatic carbocycles. The fourth-order valence-electron chi connectivity index (χ4n) is 2.75. The minimum atomic E-state index is -0.730. The Kier molecular flexibility index (Phi) is 8.75. The van der Waals surface area contributed by atoms with Gasteiger partial charge in [-0.2, -0.15) is 0 Å². The van der Waals surface area contributed by atoms with E-state index in [2.05, 4.69) is 0 Å². The largest absolute Gasteiger partial charge is 0.481 e. The quantitative estimate of drug-likeness (QED) is 0.452. The second kappa shape index (κ2) is 10.3. The number of aliphatic hydroxyl groups is 1. The molecule has 1 aliphatic carbocycles. The fraction of sp³-hybridized carbons (Fsp3) is 0.667. The van der Waals surface area contributed by atoms with Crippen molar-refractivity contribution in [3.63, 3.8) is 0 Å². The summed E-state index contributed by atoms with van der Waals surface area (Å²) in [5.41, 5.74) is 0. The molecule has 4 nitrogen and oxygen atoms in total. The van der Waals surface area contributed by atoms with Crippen LogP contribution >= 0.6 is 0 Å². The summed E-state index contributed by atoms with van der Waals surface area (Å²) in [4.78, 5) is 22.3. The Morgan fingerprint density at radius 1 is 1.27 bits per heavy atom. The van der Waals surface area contributed by atoms with Crippen molar-refractivity contribution in [2.75, 3.05) is 0 Å². The second-order valence-electron chi connectivity index (χ2n) is 6.01. The maximum atomic E-state index is 11.9. The smallest absolute Gasteiger partial charge is 0.303 e. The normalized spacial score (nSPS) is 22.5. The molecule has 0 aromatic heterocycles. The Balaban J connectivity index is 2.23. The monoisotopic (exact) mass is 308 g/mol. The lowest BCUT2D eigenvalue weighted by Crippen LogP contribution is -2.15. The molecule has 2 N–H and O–H groups in total. The van der Waals surface area contributed by atoms with Crippen molar-refractivity contribution in [1.29, 1.82) is 0 Å². The van der Waals surface area contributed by atoms with Gasteiger partial charge in [-0.3, -0.25) is 9.59 Å². The van der Waals surface area contributed by atoms with Gasteiger partial charge in [-0.25, -0.2) is 0 Å². The summed E-state index contributed by atoms with van der Waals surface area (Å²) in [5, 5.41) is 18.1. The first kappa shape index (κ1) is 18.6. The number of unbranched alkanes of at least 4 members (excludes halogenated alkanes) is 4. The molecule has 0 saturated heterocycles. The van der Waals surface area contributed by atoms with E-state index in [1.165, 1.54) is 0 Å². The van der Waals surface area contributed by atoms with E-state index in [-0.39, 0.29) is 24.0 Å². The molecule has 1 aliphatic rings. The van der Waals surface area contributed by atoms with Crippen LogP contribution < -0.4 is 0 Å². The highest BCUT2D eigenvalue weighted by Gasteiger charge is 2.27. The Hall–Kier alpha value is -1.42. The molecule has 4 heteroatoms. The average Bonchev–Trinajstić information content (AvgIpc) is 2.84. The molecule has 0 spiro atoms. The van der Waals surface area contributed by atoms with Crippen molar-refractivity contribution in [2.45, 2.75) is 64.4 Å². The highest BCUT2D eigenvalue weighted by atomic mass is 16.4. The van der Waals surface area contributed by atoms with Gasteiger partial charge in [0.05, 0.1) is 6.10 Å². The van der Waals surface area contributed by atoms with Gasteiger partial charge in [0, 0.05) is 18.3 Å². The Morgan fingerprint density at radius 3 is 2.64 bits per heavy atom. The van der Waals surface area contributed by atoms with Gasteiger partial charge in [-0.15, -0.1) is 0 Å². The molecule has 0 unspecified atom stereocenters. The van der Waals surface area contributed by atoms with Crippen molar-refractivity contribution in [3.8, 4) is 0 Å². The molecule has 0 aromatic rings. The van der Waals surface area contributed by atoms with Gasteiger partial charge in [0.25, 0.3) is 0 Å². The van der Waals surface area contributed by atoms with Crippen LogP contribution in [0.15, 0.2) is 24.3 Å². The summed E-state index contributed by atoms with van der Waals surface area (Å²) in [5.74, 6) is -0.418. The highest BCUT2D eigenvalue weighted by Crippen LogP contribution is 2.29. The molecular weight excluding hydrogens is 280 g/mol. The zero-order valence-corrected chi connectivity index (χ0v) is 13.4. The van der Waals surface area contributed by atoms with Crippen molar-refractivity contribution in [3.05, 3.63) is 24.3 Å². The van der Waals surface area contributed by atoms with E-state index < -0.39 is 12.1 Å². The van der Waals surface area contributed by atoms with Crippen molar-refractivity contribution in [2.24, 2.45) is 11.8 Å². The van der Waals surface area contributed by atoms with Crippen molar-refractivity contribution >= 4 is 11.8 Å². The van der Waals surface area contributed by atoms with Gasteiger partial charge >= 0.3 is 5.97 Å². The topological polar surface area (TPSA) is 74.6 Å². The van der Waals surface area contributed by atoms with E-state index in [9.17, 15) is 14.7 Å². The number of hydrogen-bond donors (Lipinski definition) is 2. The van der Waals surface area contributed by atoms with E-state index >= 15 is 0 Å². The van der Waals surface area contributed by atoms with E-state index in [4.69, 9.17) is 5.11 Å². The van der Waals surface area contributed by atoms with E-state index in [1.807, 2.05) is 19.1 Å². The second-order valence-corrected chi connectivity index (χ2v) is 6.01. The average molecular weight is 308 g/mol. The van der Waals surface area contributed by atoms with Crippen LogP contribution in [0, 0.1) is 11.8 Å². The lowest BCUT2D eigenvalue weighted by Gasteiger charge is -2.15. The van der Waals surface area contributed by atoms with Crippen LogP contribution in [0.5, 0.6) is 0 Å². The van der Waals surface area contributed by atoms with Gasteiger partial charge < -0.3 is 10.2 Å². The third kappa shape index (κ3) is 7.03.